The summed E-state index contributed by atoms with van der Waals surface area (Å²) >= 11 is 0. The second-order valence-electron chi connectivity index (χ2n) is 10.0. The maximum atomic E-state index is 2.35. The molecule has 2 bridgehead atoms. The van der Waals surface area contributed by atoms with Gasteiger partial charge in [0.15, 0.2) is 0 Å². The van der Waals surface area contributed by atoms with E-state index in [1.165, 1.54) is 44.9 Å². The Bertz CT molecular complexity index is 336. The second-order valence-corrected chi connectivity index (χ2v) is 10.0. The fourth-order valence-corrected chi connectivity index (χ4v) is 6.78. The normalized spacial score (nSPS) is 39.2. The van der Waals surface area contributed by atoms with Crippen LogP contribution in [0.15, 0.2) is 0 Å². The summed E-state index contributed by atoms with van der Waals surface area (Å²) in [5, 5.41) is 0. The van der Waals surface area contributed by atoms with Crippen molar-refractivity contribution in [1.29, 1.82) is 0 Å². The molecule has 0 aromatic heterocycles. The van der Waals surface area contributed by atoms with Crippen molar-refractivity contribution in [2.75, 3.05) is 0 Å². The molecular formula is C24H44. The highest BCUT2D eigenvalue weighted by Crippen LogP contribution is 2.63. The molecule has 0 amide bonds. The Balaban J connectivity index is 1.44. The Morgan fingerprint density at radius 1 is 0.667 bits per heavy atom. The zero-order valence-electron chi connectivity index (χ0n) is 16.9. The third kappa shape index (κ3) is 4.21. The van der Waals surface area contributed by atoms with Crippen molar-refractivity contribution in [3.63, 3.8) is 0 Å². The highest BCUT2D eigenvalue weighted by molar-refractivity contribution is 5.02. The van der Waals surface area contributed by atoms with Gasteiger partial charge in [-0.05, 0) is 80.5 Å². The first-order chi connectivity index (χ1) is 11.7. The van der Waals surface area contributed by atoms with Gasteiger partial charge >= 0.3 is 0 Å². The zero-order valence-corrected chi connectivity index (χ0v) is 16.9. The van der Waals surface area contributed by atoms with E-state index in [0.717, 1.165) is 22.7 Å². The zero-order chi connectivity index (χ0) is 16.9. The number of unbranched alkanes of at least 4 members (excludes halogenated alkanes) is 4. The van der Waals surface area contributed by atoms with Gasteiger partial charge in [-0.3, -0.25) is 0 Å². The van der Waals surface area contributed by atoms with Crippen LogP contribution in [-0.4, -0.2) is 0 Å². The molecule has 0 N–H and O–H groups in total. The quantitative estimate of drug-likeness (QED) is 0.372. The number of hydrogen-bond donors (Lipinski definition) is 0. The van der Waals surface area contributed by atoms with Crippen LogP contribution in [0.1, 0.15) is 129 Å². The van der Waals surface area contributed by atoms with Crippen molar-refractivity contribution < 1.29 is 0 Å². The predicted octanol–water partition coefficient (Wildman–Crippen LogP) is 8.29. The highest BCUT2D eigenvalue weighted by Gasteiger charge is 2.51. The van der Waals surface area contributed by atoms with Gasteiger partial charge in [-0.2, -0.15) is 0 Å². The summed E-state index contributed by atoms with van der Waals surface area (Å²) in [6.45, 7) is 4.69. The van der Waals surface area contributed by atoms with Gasteiger partial charge in [0.2, 0.25) is 0 Å². The molecule has 0 aliphatic heterocycles. The van der Waals surface area contributed by atoms with E-state index in [-0.39, 0.29) is 0 Å². The first kappa shape index (κ1) is 18.8. The molecule has 4 saturated carbocycles. The van der Waals surface area contributed by atoms with Crippen molar-refractivity contribution in [2.24, 2.45) is 22.7 Å². The Morgan fingerprint density at radius 3 is 1.83 bits per heavy atom. The SMILES string of the molecule is CCCCCC1CCC(C23CCC(CCCCC)(CC2)CC3)CC1. The van der Waals surface area contributed by atoms with Crippen LogP contribution < -0.4 is 0 Å². The minimum atomic E-state index is 0.800. The van der Waals surface area contributed by atoms with Crippen LogP contribution in [0.25, 0.3) is 0 Å². The Labute approximate surface area is 152 Å². The molecule has 4 rings (SSSR count). The van der Waals surface area contributed by atoms with E-state index in [4.69, 9.17) is 0 Å². The molecule has 0 unspecified atom stereocenters. The molecule has 24 heavy (non-hydrogen) atoms. The molecule has 0 radical (unpaired) electrons. The first-order valence-corrected chi connectivity index (χ1v) is 11.7. The topological polar surface area (TPSA) is 0 Å². The van der Waals surface area contributed by atoms with Gasteiger partial charge in [-0.15, -0.1) is 0 Å². The minimum Gasteiger partial charge on any atom is -0.0654 e. The standard InChI is InChI=1S/C24H44/c1-3-5-7-9-21-10-12-22(13-11-21)24-18-15-23(16-19-24,17-20-24)14-8-6-4-2/h21-22H,3-20H2,1-2H3. The summed E-state index contributed by atoms with van der Waals surface area (Å²) < 4.78 is 0. The molecule has 0 aromatic rings. The largest absolute Gasteiger partial charge is 0.0654 e. The molecular weight excluding hydrogens is 288 g/mol. The summed E-state index contributed by atoms with van der Waals surface area (Å²) in [5.74, 6) is 2.19. The lowest BCUT2D eigenvalue weighted by molar-refractivity contribution is -0.0655. The molecule has 4 aliphatic carbocycles. The Kier molecular flexibility index (Phi) is 6.72. The fourth-order valence-electron chi connectivity index (χ4n) is 6.78. The van der Waals surface area contributed by atoms with Crippen molar-refractivity contribution >= 4 is 0 Å². The Morgan fingerprint density at radius 2 is 1.25 bits per heavy atom. The van der Waals surface area contributed by atoms with E-state index >= 15 is 0 Å². The Hall–Kier alpha value is 0. The maximum absolute atomic E-state index is 2.35. The molecule has 0 aromatic carbocycles. The van der Waals surface area contributed by atoms with E-state index in [1.807, 2.05) is 0 Å². The van der Waals surface area contributed by atoms with Crippen LogP contribution in [0.3, 0.4) is 0 Å². The van der Waals surface area contributed by atoms with Crippen molar-refractivity contribution in [3.8, 4) is 0 Å². The van der Waals surface area contributed by atoms with Gasteiger partial charge in [0.1, 0.15) is 0 Å². The van der Waals surface area contributed by atoms with Crippen molar-refractivity contribution in [3.05, 3.63) is 0 Å². The van der Waals surface area contributed by atoms with Crippen LogP contribution in [-0.2, 0) is 0 Å². The van der Waals surface area contributed by atoms with Crippen LogP contribution in [0.2, 0.25) is 0 Å². The van der Waals surface area contributed by atoms with Gasteiger partial charge in [-0.25, -0.2) is 0 Å². The molecule has 4 aliphatic rings. The highest BCUT2D eigenvalue weighted by atomic mass is 14.6. The second kappa shape index (κ2) is 8.59. The third-order valence-corrected chi connectivity index (χ3v) is 8.70. The van der Waals surface area contributed by atoms with Crippen LogP contribution in [0.5, 0.6) is 0 Å². The lowest BCUT2D eigenvalue weighted by Crippen LogP contribution is -2.46. The number of fused-ring (bicyclic) bond motifs is 3. The van der Waals surface area contributed by atoms with E-state index < -0.39 is 0 Å². The summed E-state index contributed by atoms with van der Waals surface area (Å²) in [5.41, 5.74) is 1.61. The summed E-state index contributed by atoms with van der Waals surface area (Å²) in [6, 6.07) is 0. The maximum Gasteiger partial charge on any atom is -0.0269 e. The predicted molar refractivity (Wildman–Crippen MR) is 106 cm³/mol. The lowest BCUT2D eigenvalue weighted by atomic mass is 9.47. The molecule has 0 nitrogen and oxygen atoms in total. The summed E-state index contributed by atoms with van der Waals surface area (Å²) in [6.07, 6.45) is 27.7. The molecule has 0 heterocycles. The van der Waals surface area contributed by atoms with Gasteiger partial charge in [0, 0.05) is 0 Å². The number of rotatable bonds is 9. The molecule has 0 saturated heterocycles. The van der Waals surface area contributed by atoms with Crippen LogP contribution in [0, 0.1) is 22.7 Å². The summed E-state index contributed by atoms with van der Waals surface area (Å²) in [4.78, 5) is 0. The molecule has 140 valence electrons. The van der Waals surface area contributed by atoms with E-state index in [9.17, 15) is 0 Å². The van der Waals surface area contributed by atoms with E-state index in [0.29, 0.717) is 0 Å². The number of hydrogen-bond acceptors (Lipinski definition) is 0. The minimum absolute atomic E-state index is 0.800. The summed E-state index contributed by atoms with van der Waals surface area (Å²) in [7, 11) is 0. The van der Waals surface area contributed by atoms with Gasteiger partial charge in [0.05, 0.1) is 0 Å². The van der Waals surface area contributed by atoms with Gasteiger partial charge in [-0.1, -0.05) is 71.6 Å². The average Bonchev–Trinajstić information content (AvgIpc) is 2.64. The van der Waals surface area contributed by atoms with E-state index in [2.05, 4.69) is 13.8 Å². The molecule has 4 fully saturated rings. The third-order valence-electron chi connectivity index (χ3n) is 8.70. The van der Waals surface area contributed by atoms with Crippen LogP contribution >= 0.6 is 0 Å². The van der Waals surface area contributed by atoms with Gasteiger partial charge < -0.3 is 0 Å². The van der Waals surface area contributed by atoms with E-state index in [1.54, 1.807) is 70.6 Å². The average molecular weight is 333 g/mol. The fraction of sp³-hybridized carbons (Fsp3) is 1.00. The molecule has 0 spiro atoms. The monoisotopic (exact) mass is 332 g/mol. The van der Waals surface area contributed by atoms with Crippen molar-refractivity contribution in [1.82, 2.24) is 0 Å². The first-order valence-electron chi connectivity index (χ1n) is 11.7. The lowest BCUT2D eigenvalue weighted by Gasteiger charge is -2.58. The smallest absolute Gasteiger partial charge is 0.0269 e. The molecule has 0 heteroatoms. The van der Waals surface area contributed by atoms with Gasteiger partial charge in [0.25, 0.3) is 0 Å². The van der Waals surface area contributed by atoms with Crippen molar-refractivity contribution in [2.45, 2.75) is 129 Å². The molecule has 0 atom stereocenters. The van der Waals surface area contributed by atoms with Crippen LogP contribution in [0.4, 0.5) is 0 Å².